The second kappa shape index (κ2) is 9.34. The molecule has 2 amide bonds. The van der Waals surface area contributed by atoms with E-state index in [2.05, 4.69) is 25.6 Å². The maximum atomic E-state index is 12.3. The number of carboxylic acids is 1. The van der Waals surface area contributed by atoms with Gasteiger partial charge in [0.1, 0.15) is 0 Å². The Morgan fingerprint density at radius 1 is 1.15 bits per heavy atom. The van der Waals surface area contributed by atoms with Crippen LogP contribution in [-0.4, -0.2) is 57.5 Å². The van der Waals surface area contributed by atoms with E-state index in [1.54, 1.807) is 25.4 Å². The number of amides is 2. The van der Waals surface area contributed by atoms with Gasteiger partial charge in [-0.3, -0.25) is 14.9 Å². The van der Waals surface area contributed by atoms with E-state index < -0.39 is 11.4 Å². The van der Waals surface area contributed by atoms with E-state index in [1.165, 1.54) is 18.3 Å². The number of anilines is 2. The van der Waals surface area contributed by atoms with Crippen LogP contribution in [0.4, 0.5) is 15.9 Å². The van der Waals surface area contributed by atoms with E-state index in [9.17, 15) is 19.5 Å². The molecule has 0 spiro atoms. The highest BCUT2D eigenvalue weighted by Crippen LogP contribution is 2.35. The molecule has 0 aliphatic carbocycles. The number of hydrogen-bond donors (Lipinski definition) is 3. The van der Waals surface area contributed by atoms with Crippen LogP contribution in [0.1, 0.15) is 44.0 Å². The third kappa shape index (κ3) is 4.69. The van der Waals surface area contributed by atoms with Crippen molar-refractivity contribution in [3.05, 3.63) is 30.1 Å². The average molecular weight is 483 g/mol. The summed E-state index contributed by atoms with van der Waals surface area (Å²) in [6.07, 6.45) is 4.45. The minimum absolute atomic E-state index is 0.104. The fourth-order valence-corrected chi connectivity index (χ4v) is 4.87. The summed E-state index contributed by atoms with van der Waals surface area (Å²) in [4.78, 5) is 51.1. The number of carbonyl (C=O) groups is 3. The van der Waals surface area contributed by atoms with E-state index in [4.69, 9.17) is 0 Å². The smallest absolute Gasteiger partial charge is 0.321 e. The highest BCUT2D eigenvalue weighted by Gasteiger charge is 2.37. The van der Waals surface area contributed by atoms with Crippen LogP contribution in [0.5, 0.6) is 0 Å². The van der Waals surface area contributed by atoms with E-state index in [0.29, 0.717) is 59.3 Å². The van der Waals surface area contributed by atoms with Gasteiger partial charge in [-0.15, -0.1) is 0 Å². The fourth-order valence-electron chi connectivity index (χ4n) is 3.86. The van der Waals surface area contributed by atoms with Crippen LogP contribution in [0.3, 0.4) is 0 Å². The van der Waals surface area contributed by atoms with Crippen LogP contribution >= 0.6 is 11.3 Å². The molecule has 4 rings (SSSR count). The number of thiazole rings is 1. The molecule has 1 saturated heterocycles. The summed E-state index contributed by atoms with van der Waals surface area (Å²) in [7, 11) is 0. The molecule has 178 valence electrons. The molecular formula is C23H26N6O4S. The Balaban J connectivity index is 1.59. The molecule has 11 heteroatoms. The van der Waals surface area contributed by atoms with Crippen LogP contribution in [-0.2, 0) is 4.79 Å². The summed E-state index contributed by atoms with van der Waals surface area (Å²) < 4.78 is 0.704. The number of carboxylic acid groups (broad SMARTS) is 1. The molecule has 0 unspecified atom stereocenters. The number of piperidine rings is 1. The van der Waals surface area contributed by atoms with E-state index >= 15 is 0 Å². The zero-order valence-electron chi connectivity index (χ0n) is 19.2. The number of aromatic nitrogens is 3. The Hall–Kier alpha value is -3.60. The first-order chi connectivity index (χ1) is 16.2. The fraction of sp³-hybridized carbons (Fsp3) is 0.391. The number of benzene rings is 1. The van der Waals surface area contributed by atoms with Gasteiger partial charge in [0.25, 0.3) is 0 Å². The van der Waals surface area contributed by atoms with Gasteiger partial charge in [0, 0.05) is 43.2 Å². The predicted octanol–water partition coefficient (Wildman–Crippen LogP) is 3.79. The zero-order chi connectivity index (χ0) is 24.5. The van der Waals surface area contributed by atoms with Gasteiger partial charge in [0.15, 0.2) is 10.9 Å². The molecule has 0 bridgehead atoms. The van der Waals surface area contributed by atoms with Gasteiger partial charge in [-0.2, -0.15) is 0 Å². The first-order valence-corrected chi connectivity index (χ1v) is 11.8. The second-order valence-electron chi connectivity index (χ2n) is 8.56. The lowest BCUT2D eigenvalue weighted by Crippen LogP contribution is -2.43. The zero-order valence-corrected chi connectivity index (χ0v) is 20.0. The Bertz CT molecular complexity index is 1250. The lowest BCUT2D eigenvalue weighted by molar-refractivity contribution is -0.149. The number of urea groups is 1. The Morgan fingerprint density at radius 3 is 2.41 bits per heavy atom. The first kappa shape index (κ1) is 23.6. The molecule has 10 nitrogen and oxygen atoms in total. The Kier molecular flexibility index (Phi) is 6.47. The molecule has 1 fully saturated rings. The molecule has 0 radical (unpaired) electrons. The second-order valence-corrected chi connectivity index (χ2v) is 9.56. The van der Waals surface area contributed by atoms with Crippen molar-refractivity contribution in [1.82, 2.24) is 20.3 Å². The number of ketones is 1. The van der Waals surface area contributed by atoms with Crippen molar-refractivity contribution in [2.45, 2.75) is 33.6 Å². The molecule has 1 aromatic carbocycles. The summed E-state index contributed by atoms with van der Waals surface area (Å²) in [5.74, 6) is -0.329. The molecule has 2 aromatic heterocycles. The van der Waals surface area contributed by atoms with Crippen LogP contribution < -0.4 is 15.5 Å². The highest BCUT2D eigenvalue weighted by atomic mass is 32.1. The summed E-state index contributed by atoms with van der Waals surface area (Å²) in [6.45, 7) is 6.73. The number of hydrogen-bond acceptors (Lipinski definition) is 8. The third-order valence-electron chi connectivity index (χ3n) is 6.06. The molecule has 0 atom stereocenters. The molecular weight excluding hydrogens is 456 g/mol. The number of carbonyl (C=O) groups excluding carboxylic acids is 2. The largest absolute Gasteiger partial charge is 0.481 e. The van der Waals surface area contributed by atoms with E-state index in [0.717, 1.165) is 11.1 Å². The molecule has 3 aromatic rings. The number of Topliss-reactive ketones (excluding diaryl/α,β-unsaturated/α-hetero) is 1. The molecule has 3 heterocycles. The number of nitrogens with zero attached hydrogens (tertiary/aromatic N) is 4. The Labute approximate surface area is 200 Å². The molecule has 1 aliphatic rings. The normalized spacial score (nSPS) is 15.2. The van der Waals surface area contributed by atoms with Crippen molar-refractivity contribution in [1.29, 1.82) is 0 Å². The van der Waals surface area contributed by atoms with Crippen LogP contribution in [0.2, 0.25) is 0 Å². The molecule has 1 aliphatic heterocycles. The van der Waals surface area contributed by atoms with Crippen LogP contribution in [0.25, 0.3) is 21.3 Å². The van der Waals surface area contributed by atoms with E-state index in [1.807, 2.05) is 17.9 Å². The summed E-state index contributed by atoms with van der Waals surface area (Å²) in [6, 6.07) is 3.28. The topological polar surface area (TPSA) is 137 Å². The number of fused-ring (bicyclic) bond motifs is 1. The molecule has 3 N–H and O–H groups in total. The quantitative estimate of drug-likeness (QED) is 0.451. The first-order valence-electron chi connectivity index (χ1n) is 11.0. The molecule has 34 heavy (non-hydrogen) atoms. The third-order valence-corrected chi connectivity index (χ3v) is 7.08. The highest BCUT2D eigenvalue weighted by molar-refractivity contribution is 7.22. The van der Waals surface area contributed by atoms with Crippen molar-refractivity contribution in [3.8, 4) is 11.1 Å². The van der Waals surface area contributed by atoms with Crippen LogP contribution in [0, 0.1) is 5.41 Å². The van der Waals surface area contributed by atoms with Crippen molar-refractivity contribution in [3.63, 3.8) is 0 Å². The standard InChI is InChI=1S/C23H26N6O4S/c1-4-24-21(33)28-22-27-17-10-14(9-16(13(2)30)18(17)34-22)15-11-25-20(26-12-15)29-7-5-23(3,6-8-29)19(31)32/h9-12H,4-8H2,1-3H3,(H,31,32)(H2,24,27,28,33). The van der Waals surface area contributed by atoms with E-state index in [-0.39, 0.29) is 11.8 Å². The minimum atomic E-state index is -0.772. The Morgan fingerprint density at radius 2 is 1.82 bits per heavy atom. The van der Waals surface area contributed by atoms with Crippen molar-refractivity contribution in [2.75, 3.05) is 29.9 Å². The summed E-state index contributed by atoms with van der Waals surface area (Å²) >= 11 is 1.25. The van der Waals surface area contributed by atoms with Crippen molar-refractivity contribution in [2.24, 2.45) is 5.41 Å². The maximum absolute atomic E-state index is 12.3. The van der Waals surface area contributed by atoms with Gasteiger partial charge in [0.2, 0.25) is 5.95 Å². The predicted molar refractivity (Wildman–Crippen MR) is 131 cm³/mol. The summed E-state index contributed by atoms with van der Waals surface area (Å²) in [5, 5.41) is 15.2. The number of rotatable bonds is 6. The molecule has 0 saturated carbocycles. The number of nitrogens with one attached hydrogen (secondary N) is 2. The lowest BCUT2D eigenvalue weighted by atomic mass is 9.80. The van der Waals surface area contributed by atoms with Gasteiger partial charge in [0.05, 0.1) is 15.6 Å². The lowest BCUT2D eigenvalue weighted by Gasteiger charge is -2.36. The van der Waals surface area contributed by atoms with Crippen molar-refractivity contribution < 1.29 is 19.5 Å². The summed E-state index contributed by atoms with van der Waals surface area (Å²) in [5.41, 5.74) is 1.88. The van der Waals surface area contributed by atoms with Crippen molar-refractivity contribution >= 4 is 50.4 Å². The minimum Gasteiger partial charge on any atom is -0.481 e. The van der Waals surface area contributed by atoms with Crippen LogP contribution in [0.15, 0.2) is 24.5 Å². The maximum Gasteiger partial charge on any atom is 0.321 e. The SMILES string of the molecule is CCNC(=O)Nc1nc2cc(-c3cnc(N4CCC(C)(C(=O)O)CC4)nc3)cc(C(C)=O)c2s1. The average Bonchev–Trinajstić information content (AvgIpc) is 3.21. The monoisotopic (exact) mass is 482 g/mol. The van der Waals surface area contributed by atoms with Gasteiger partial charge >= 0.3 is 12.0 Å². The number of aliphatic carboxylic acids is 1. The van der Waals surface area contributed by atoms with Gasteiger partial charge < -0.3 is 15.3 Å². The van der Waals surface area contributed by atoms with Gasteiger partial charge in [-0.25, -0.2) is 19.7 Å². The van der Waals surface area contributed by atoms with Gasteiger partial charge in [-0.1, -0.05) is 11.3 Å². The van der Waals surface area contributed by atoms with Gasteiger partial charge in [-0.05, 0) is 51.3 Å².